The zero-order valence-electron chi connectivity index (χ0n) is 16.1. The van der Waals surface area contributed by atoms with Gasteiger partial charge in [-0.2, -0.15) is 0 Å². The Bertz CT molecular complexity index is 533. The van der Waals surface area contributed by atoms with Crippen LogP contribution in [0.3, 0.4) is 0 Å². The maximum absolute atomic E-state index is 14.3. The van der Waals surface area contributed by atoms with Crippen molar-refractivity contribution in [2.75, 3.05) is 26.7 Å². The van der Waals surface area contributed by atoms with E-state index in [2.05, 4.69) is 36.8 Å². The first-order chi connectivity index (χ1) is 12.1. The fourth-order valence-electron chi connectivity index (χ4n) is 3.58. The second-order valence-corrected chi connectivity index (χ2v) is 7.57. The summed E-state index contributed by atoms with van der Waals surface area (Å²) < 4.78 is 14.3. The minimum Gasteiger partial charge on any atom is -0.385 e. The Morgan fingerprint density at radius 2 is 2.00 bits per heavy atom. The third-order valence-electron chi connectivity index (χ3n) is 5.39. The lowest BCUT2D eigenvalue weighted by atomic mass is 9.91. The second kappa shape index (κ2) is 10.6. The van der Waals surface area contributed by atoms with Gasteiger partial charge in [-0.05, 0) is 75.9 Å². The third-order valence-corrected chi connectivity index (χ3v) is 5.39. The van der Waals surface area contributed by atoms with Crippen molar-refractivity contribution < 1.29 is 4.39 Å². The zero-order chi connectivity index (χ0) is 18.1. The lowest BCUT2D eigenvalue weighted by molar-refractivity contribution is 0.210. The highest BCUT2D eigenvalue weighted by Crippen LogP contribution is 2.23. The molecule has 1 fully saturated rings. The van der Waals surface area contributed by atoms with E-state index in [0.29, 0.717) is 11.3 Å². The summed E-state index contributed by atoms with van der Waals surface area (Å²) >= 11 is 0. The molecule has 0 bridgehead atoms. The van der Waals surface area contributed by atoms with E-state index >= 15 is 0 Å². The Morgan fingerprint density at radius 1 is 1.24 bits per heavy atom. The van der Waals surface area contributed by atoms with Crippen LogP contribution in [0.25, 0.3) is 5.70 Å². The van der Waals surface area contributed by atoms with Crippen molar-refractivity contribution in [2.24, 2.45) is 5.92 Å². The molecule has 0 amide bonds. The summed E-state index contributed by atoms with van der Waals surface area (Å²) in [6, 6.07) is 5.63. The lowest BCUT2D eigenvalue weighted by Gasteiger charge is -2.28. The van der Waals surface area contributed by atoms with E-state index in [4.69, 9.17) is 0 Å². The molecule has 0 aliphatic carbocycles. The highest BCUT2D eigenvalue weighted by molar-refractivity contribution is 5.62. The van der Waals surface area contributed by atoms with Gasteiger partial charge in [0.2, 0.25) is 0 Å². The van der Waals surface area contributed by atoms with Crippen LogP contribution in [0.15, 0.2) is 24.8 Å². The van der Waals surface area contributed by atoms with Gasteiger partial charge in [0, 0.05) is 17.8 Å². The van der Waals surface area contributed by atoms with Crippen LogP contribution in [-0.4, -0.2) is 31.6 Å². The van der Waals surface area contributed by atoms with Gasteiger partial charge in [-0.25, -0.2) is 4.39 Å². The van der Waals surface area contributed by atoms with Gasteiger partial charge in [0.25, 0.3) is 0 Å². The number of halogens is 1. The molecule has 0 unspecified atom stereocenters. The maximum Gasteiger partial charge on any atom is 0.132 e. The summed E-state index contributed by atoms with van der Waals surface area (Å²) in [7, 11) is 2.21. The van der Waals surface area contributed by atoms with Gasteiger partial charge in [0.05, 0.1) is 0 Å². The van der Waals surface area contributed by atoms with Crippen LogP contribution in [0.2, 0.25) is 0 Å². The predicted molar refractivity (Wildman–Crippen MR) is 106 cm³/mol. The van der Waals surface area contributed by atoms with Crippen molar-refractivity contribution in [3.63, 3.8) is 0 Å². The van der Waals surface area contributed by atoms with Crippen LogP contribution in [0.5, 0.6) is 0 Å². The number of nitrogens with one attached hydrogen (secondary N) is 1. The molecule has 0 aromatic heterocycles. The van der Waals surface area contributed by atoms with Crippen LogP contribution < -0.4 is 5.32 Å². The number of unbranched alkanes of at least 4 members (excludes halogenated alkanes) is 2. The predicted octanol–water partition coefficient (Wildman–Crippen LogP) is 5.24. The fourth-order valence-corrected chi connectivity index (χ4v) is 3.58. The van der Waals surface area contributed by atoms with Crippen molar-refractivity contribution in [1.82, 2.24) is 10.2 Å². The van der Waals surface area contributed by atoms with Crippen LogP contribution in [0.4, 0.5) is 4.39 Å². The summed E-state index contributed by atoms with van der Waals surface area (Å²) in [6.07, 6.45) is 9.59. The van der Waals surface area contributed by atoms with Crippen molar-refractivity contribution >= 4 is 5.70 Å². The van der Waals surface area contributed by atoms with Gasteiger partial charge in [-0.15, -0.1) is 0 Å². The topological polar surface area (TPSA) is 15.3 Å². The molecule has 1 aliphatic rings. The zero-order valence-corrected chi connectivity index (χ0v) is 16.1. The van der Waals surface area contributed by atoms with Crippen LogP contribution >= 0.6 is 0 Å². The molecule has 2 rings (SSSR count). The fraction of sp³-hybridized carbons (Fsp3) is 0.636. The smallest absolute Gasteiger partial charge is 0.132 e. The van der Waals surface area contributed by atoms with Crippen LogP contribution in [-0.2, 0) is 6.42 Å². The van der Waals surface area contributed by atoms with E-state index in [1.807, 2.05) is 6.07 Å². The highest BCUT2D eigenvalue weighted by atomic mass is 19.1. The van der Waals surface area contributed by atoms with Crippen molar-refractivity contribution in [2.45, 2.75) is 58.3 Å². The maximum atomic E-state index is 14.3. The first kappa shape index (κ1) is 20.0. The van der Waals surface area contributed by atoms with E-state index in [1.165, 1.54) is 38.8 Å². The Balaban J connectivity index is 1.72. The molecule has 1 aromatic carbocycles. The molecule has 25 heavy (non-hydrogen) atoms. The lowest BCUT2D eigenvalue weighted by Crippen LogP contribution is -2.30. The average molecular weight is 347 g/mol. The molecule has 0 spiro atoms. The van der Waals surface area contributed by atoms with Gasteiger partial charge in [0.15, 0.2) is 0 Å². The Kier molecular flexibility index (Phi) is 8.47. The molecule has 0 radical (unpaired) electrons. The standard InChI is InChI=1S/C22H35FN2/c1-4-5-14-24-18(2)21-11-10-20(17-22(21)23)9-7-6-8-19-12-15-25(3)16-13-19/h10-11,17,19,24H,2,4-9,12-16H2,1,3H3. The summed E-state index contributed by atoms with van der Waals surface area (Å²) in [5.41, 5.74) is 2.40. The second-order valence-electron chi connectivity index (χ2n) is 7.57. The number of benzene rings is 1. The molecular formula is C22H35FN2. The average Bonchev–Trinajstić information content (AvgIpc) is 2.60. The summed E-state index contributed by atoms with van der Waals surface area (Å²) in [5, 5.41) is 3.21. The van der Waals surface area contributed by atoms with Gasteiger partial charge in [-0.1, -0.05) is 38.8 Å². The Hall–Kier alpha value is -1.35. The molecular weight excluding hydrogens is 311 g/mol. The largest absolute Gasteiger partial charge is 0.385 e. The number of hydrogen-bond acceptors (Lipinski definition) is 2. The number of likely N-dealkylation sites (tertiary alicyclic amines) is 1. The van der Waals surface area contributed by atoms with Gasteiger partial charge in [0.1, 0.15) is 5.82 Å². The quantitative estimate of drug-likeness (QED) is 0.583. The van der Waals surface area contributed by atoms with Gasteiger partial charge < -0.3 is 10.2 Å². The molecule has 1 N–H and O–H groups in total. The number of rotatable bonds is 10. The molecule has 3 heteroatoms. The van der Waals surface area contributed by atoms with Crippen molar-refractivity contribution in [3.8, 4) is 0 Å². The van der Waals surface area contributed by atoms with E-state index in [0.717, 1.165) is 43.7 Å². The first-order valence-corrected chi connectivity index (χ1v) is 10.00. The highest BCUT2D eigenvalue weighted by Gasteiger charge is 2.15. The van der Waals surface area contributed by atoms with Gasteiger partial charge >= 0.3 is 0 Å². The Morgan fingerprint density at radius 3 is 2.68 bits per heavy atom. The van der Waals surface area contributed by atoms with Crippen LogP contribution in [0, 0.1) is 11.7 Å². The normalized spacial score (nSPS) is 16.1. The Labute approximate surface area is 153 Å². The molecule has 1 aliphatic heterocycles. The van der Waals surface area contributed by atoms with E-state index in [9.17, 15) is 4.39 Å². The number of nitrogens with zero attached hydrogens (tertiary/aromatic N) is 1. The molecule has 1 saturated heterocycles. The van der Waals surface area contributed by atoms with E-state index in [1.54, 1.807) is 6.07 Å². The summed E-state index contributed by atoms with van der Waals surface area (Å²) in [4.78, 5) is 2.42. The molecule has 140 valence electrons. The van der Waals surface area contributed by atoms with Crippen molar-refractivity contribution in [1.29, 1.82) is 0 Å². The molecule has 1 aromatic rings. The summed E-state index contributed by atoms with van der Waals surface area (Å²) in [5.74, 6) is 0.745. The first-order valence-electron chi connectivity index (χ1n) is 10.00. The summed E-state index contributed by atoms with van der Waals surface area (Å²) in [6.45, 7) is 9.45. The molecule has 0 atom stereocenters. The monoisotopic (exact) mass is 346 g/mol. The molecule has 0 saturated carbocycles. The van der Waals surface area contributed by atoms with Crippen LogP contribution in [0.1, 0.15) is 63.0 Å². The van der Waals surface area contributed by atoms with E-state index in [-0.39, 0.29) is 5.82 Å². The minimum absolute atomic E-state index is 0.151. The SMILES string of the molecule is C=C(NCCCC)c1ccc(CCCCC2CCN(C)CC2)cc1F. The third kappa shape index (κ3) is 6.81. The van der Waals surface area contributed by atoms with E-state index < -0.39 is 0 Å². The minimum atomic E-state index is -0.151. The van der Waals surface area contributed by atoms with Crippen molar-refractivity contribution in [3.05, 3.63) is 41.7 Å². The van der Waals surface area contributed by atoms with Gasteiger partial charge in [-0.3, -0.25) is 0 Å². The molecule has 1 heterocycles. The number of piperidine rings is 1. The number of aryl methyl sites for hydroxylation is 1. The molecule has 2 nitrogen and oxygen atoms in total. The number of hydrogen-bond donors (Lipinski definition) is 1.